The summed E-state index contributed by atoms with van der Waals surface area (Å²) in [6, 6.07) is -0.0772. The zero-order valence-corrected chi connectivity index (χ0v) is 11.1. The monoisotopic (exact) mass is 253 g/mol. The van der Waals surface area contributed by atoms with E-state index in [4.69, 9.17) is 10.5 Å². The number of nitrogens with one attached hydrogen (secondary N) is 1. The minimum Gasteiger partial charge on any atom is -0.383 e. The molecule has 16 heavy (non-hydrogen) atoms. The maximum absolute atomic E-state index is 11.9. The molecule has 6 nitrogen and oxygen atoms in total. The largest absolute Gasteiger partial charge is 0.383 e. The number of methoxy groups -OCH3 is 1. The van der Waals surface area contributed by atoms with E-state index in [0.717, 1.165) is 0 Å². The van der Waals surface area contributed by atoms with Gasteiger partial charge in [-0.2, -0.15) is 17.4 Å². The number of hydrogen-bond acceptors (Lipinski definition) is 4. The van der Waals surface area contributed by atoms with Crippen LogP contribution in [-0.2, 0) is 14.9 Å². The third-order valence-corrected chi connectivity index (χ3v) is 3.85. The molecule has 0 aromatic rings. The van der Waals surface area contributed by atoms with Gasteiger partial charge in [-0.3, -0.25) is 0 Å². The fourth-order valence-electron chi connectivity index (χ4n) is 1.26. The lowest BCUT2D eigenvalue weighted by molar-refractivity contribution is 0.203. The summed E-state index contributed by atoms with van der Waals surface area (Å²) < 4.78 is 32.4. The Hall–Kier alpha value is -0.210. The fraction of sp³-hybridized carbons (Fsp3) is 1.00. The third kappa shape index (κ3) is 5.76. The summed E-state index contributed by atoms with van der Waals surface area (Å²) in [6.45, 7) is 5.25. The van der Waals surface area contributed by atoms with Crippen LogP contribution in [0.3, 0.4) is 0 Å². The quantitative estimate of drug-likeness (QED) is 0.544. The molecule has 0 fully saturated rings. The molecule has 0 bridgehead atoms. The van der Waals surface area contributed by atoms with Gasteiger partial charge >= 0.3 is 0 Å². The van der Waals surface area contributed by atoms with E-state index in [1.807, 2.05) is 13.8 Å². The van der Waals surface area contributed by atoms with Crippen LogP contribution in [0.2, 0.25) is 0 Å². The Morgan fingerprint density at radius 2 is 2.06 bits per heavy atom. The molecule has 0 aliphatic carbocycles. The molecule has 98 valence electrons. The van der Waals surface area contributed by atoms with Gasteiger partial charge < -0.3 is 10.5 Å². The van der Waals surface area contributed by atoms with Gasteiger partial charge in [0.25, 0.3) is 10.2 Å². The lowest BCUT2D eigenvalue weighted by Gasteiger charge is -2.25. The lowest BCUT2D eigenvalue weighted by Crippen LogP contribution is -2.46. The summed E-state index contributed by atoms with van der Waals surface area (Å²) in [6.07, 6.45) is 0.656. The fourth-order valence-corrected chi connectivity index (χ4v) is 2.69. The second-order valence-electron chi connectivity index (χ2n) is 3.74. The Labute approximate surface area is 98.3 Å². The summed E-state index contributed by atoms with van der Waals surface area (Å²) in [5.41, 5.74) is 5.38. The number of nitrogens with two attached hydrogens (primary N) is 1. The number of nitrogens with zero attached hydrogens (tertiary/aromatic N) is 1. The van der Waals surface area contributed by atoms with Crippen molar-refractivity contribution in [1.29, 1.82) is 0 Å². The Bertz CT molecular complexity index is 267. The van der Waals surface area contributed by atoms with Crippen LogP contribution >= 0.6 is 0 Å². The minimum atomic E-state index is -3.42. The van der Waals surface area contributed by atoms with Crippen LogP contribution in [0.15, 0.2) is 0 Å². The first-order valence-corrected chi connectivity index (χ1v) is 6.85. The minimum absolute atomic E-state index is 0.0772. The second-order valence-corrected chi connectivity index (χ2v) is 5.45. The SMILES string of the molecule is COCCNS(=O)(=O)N(CCCN)C(C)C. The van der Waals surface area contributed by atoms with Crippen LogP contribution in [0.5, 0.6) is 0 Å². The molecule has 7 heteroatoms. The van der Waals surface area contributed by atoms with Crippen LogP contribution < -0.4 is 10.5 Å². The van der Waals surface area contributed by atoms with Gasteiger partial charge in [-0.05, 0) is 26.8 Å². The highest BCUT2D eigenvalue weighted by Gasteiger charge is 2.23. The summed E-state index contributed by atoms with van der Waals surface area (Å²) in [5, 5.41) is 0. The van der Waals surface area contributed by atoms with E-state index < -0.39 is 10.2 Å². The van der Waals surface area contributed by atoms with Gasteiger partial charge in [-0.15, -0.1) is 0 Å². The van der Waals surface area contributed by atoms with Gasteiger partial charge in [0.15, 0.2) is 0 Å². The standard InChI is InChI=1S/C9H23N3O3S/c1-9(2)12(7-4-5-10)16(13,14)11-6-8-15-3/h9,11H,4-8,10H2,1-3H3. The summed E-state index contributed by atoms with van der Waals surface area (Å²) in [5.74, 6) is 0. The summed E-state index contributed by atoms with van der Waals surface area (Å²) in [7, 11) is -1.89. The Morgan fingerprint density at radius 1 is 1.44 bits per heavy atom. The van der Waals surface area contributed by atoms with E-state index in [9.17, 15) is 8.42 Å². The molecule has 0 saturated heterocycles. The van der Waals surface area contributed by atoms with Crippen LogP contribution in [-0.4, -0.2) is 52.1 Å². The van der Waals surface area contributed by atoms with E-state index in [1.165, 1.54) is 11.4 Å². The lowest BCUT2D eigenvalue weighted by atomic mass is 10.3. The molecule has 0 atom stereocenters. The molecular formula is C9H23N3O3S. The van der Waals surface area contributed by atoms with Crippen molar-refractivity contribution in [1.82, 2.24) is 9.03 Å². The van der Waals surface area contributed by atoms with Crippen molar-refractivity contribution >= 4 is 10.2 Å². The Kier molecular flexibility index (Phi) is 7.86. The van der Waals surface area contributed by atoms with Crippen molar-refractivity contribution in [3.63, 3.8) is 0 Å². The van der Waals surface area contributed by atoms with Gasteiger partial charge in [0.1, 0.15) is 0 Å². The van der Waals surface area contributed by atoms with Crippen LogP contribution in [0.1, 0.15) is 20.3 Å². The normalized spacial score (nSPS) is 12.6. The zero-order chi connectivity index (χ0) is 12.6. The van der Waals surface area contributed by atoms with E-state index in [2.05, 4.69) is 4.72 Å². The molecule has 0 radical (unpaired) electrons. The molecule has 3 N–H and O–H groups in total. The number of rotatable bonds is 9. The van der Waals surface area contributed by atoms with Crippen molar-refractivity contribution in [3.05, 3.63) is 0 Å². The highest BCUT2D eigenvalue weighted by Crippen LogP contribution is 2.05. The van der Waals surface area contributed by atoms with E-state index in [1.54, 1.807) is 0 Å². The average molecular weight is 253 g/mol. The van der Waals surface area contributed by atoms with Crippen LogP contribution in [0, 0.1) is 0 Å². The predicted molar refractivity (Wildman–Crippen MR) is 64.3 cm³/mol. The van der Waals surface area contributed by atoms with Gasteiger partial charge in [-0.25, -0.2) is 0 Å². The number of ether oxygens (including phenoxy) is 1. The van der Waals surface area contributed by atoms with Crippen molar-refractivity contribution in [2.45, 2.75) is 26.3 Å². The van der Waals surface area contributed by atoms with E-state index in [0.29, 0.717) is 26.1 Å². The summed E-state index contributed by atoms with van der Waals surface area (Å²) in [4.78, 5) is 0. The number of hydrogen-bond donors (Lipinski definition) is 2. The molecule has 0 unspecified atom stereocenters. The maximum Gasteiger partial charge on any atom is 0.279 e. The van der Waals surface area contributed by atoms with Gasteiger partial charge in [0, 0.05) is 26.2 Å². The zero-order valence-electron chi connectivity index (χ0n) is 10.3. The molecule has 0 saturated carbocycles. The molecule has 0 heterocycles. The predicted octanol–water partition coefficient (Wildman–Crippen LogP) is -0.474. The Balaban J connectivity index is 4.38. The van der Waals surface area contributed by atoms with Crippen molar-refractivity contribution < 1.29 is 13.2 Å². The first-order chi connectivity index (χ1) is 7.45. The smallest absolute Gasteiger partial charge is 0.279 e. The Morgan fingerprint density at radius 3 is 2.50 bits per heavy atom. The molecule has 0 amide bonds. The van der Waals surface area contributed by atoms with Gasteiger partial charge in [0.05, 0.1) is 6.61 Å². The molecule has 0 rings (SSSR count). The van der Waals surface area contributed by atoms with E-state index >= 15 is 0 Å². The molecule has 0 aromatic heterocycles. The van der Waals surface area contributed by atoms with E-state index in [-0.39, 0.29) is 12.6 Å². The second kappa shape index (κ2) is 7.97. The van der Waals surface area contributed by atoms with Crippen molar-refractivity contribution in [2.75, 3.05) is 33.4 Å². The highest BCUT2D eigenvalue weighted by molar-refractivity contribution is 7.87. The third-order valence-electron chi connectivity index (χ3n) is 2.06. The highest BCUT2D eigenvalue weighted by atomic mass is 32.2. The van der Waals surface area contributed by atoms with Gasteiger partial charge in [-0.1, -0.05) is 0 Å². The molecule has 0 aliphatic rings. The molecule has 0 spiro atoms. The van der Waals surface area contributed by atoms with Crippen LogP contribution in [0.25, 0.3) is 0 Å². The summed E-state index contributed by atoms with van der Waals surface area (Å²) >= 11 is 0. The topological polar surface area (TPSA) is 84.7 Å². The first kappa shape index (κ1) is 15.8. The van der Waals surface area contributed by atoms with Crippen LogP contribution in [0.4, 0.5) is 0 Å². The first-order valence-electron chi connectivity index (χ1n) is 5.41. The molecular weight excluding hydrogens is 230 g/mol. The van der Waals surface area contributed by atoms with Crippen molar-refractivity contribution in [3.8, 4) is 0 Å². The van der Waals surface area contributed by atoms with Crippen molar-refractivity contribution in [2.24, 2.45) is 5.73 Å². The molecule has 0 aromatic carbocycles. The maximum atomic E-state index is 11.9. The average Bonchev–Trinajstić information content (AvgIpc) is 2.17. The molecule has 0 aliphatic heterocycles. The van der Waals surface area contributed by atoms with Gasteiger partial charge in [0.2, 0.25) is 0 Å².